The van der Waals surface area contributed by atoms with Crippen LogP contribution in [0.5, 0.6) is 5.75 Å². The summed E-state index contributed by atoms with van der Waals surface area (Å²) in [4.78, 5) is 0. The second kappa shape index (κ2) is 4.64. The van der Waals surface area contributed by atoms with Gasteiger partial charge in [-0.2, -0.15) is 0 Å². The smallest absolute Gasteiger partial charge is 0.119 e. The molecule has 2 rings (SSSR count). The minimum atomic E-state index is 0.257. The maximum absolute atomic E-state index is 5.58. The standard InChI is InChI=1S/C12H18N2O/c1-15-11-4-2-3-10(8-11)12(14-13)7-9-5-6-9/h2-4,8-9,12,14H,5-7,13H2,1H3. The van der Waals surface area contributed by atoms with Gasteiger partial charge in [-0.25, -0.2) is 0 Å². The summed E-state index contributed by atoms with van der Waals surface area (Å²) in [5.74, 6) is 7.33. The lowest BCUT2D eigenvalue weighted by atomic mass is 10.0. The molecule has 0 aromatic heterocycles. The quantitative estimate of drug-likeness (QED) is 0.572. The van der Waals surface area contributed by atoms with E-state index >= 15 is 0 Å². The number of nitrogens with two attached hydrogens (primary N) is 1. The molecule has 0 spiro atoms. The van der Waals surface area contributed by atoms with E-state index in [1.54, 1.807) is 7.11 Å². The van der Waals surface area contributed by atoms with Gasteiger partial charge in [0.15, 0.2) is 0 Å². The molecule has 15 heavy (non-hydrogen) atoms. The number of hydrogen-bond acceptors (Lipinski definition) is 3. The van der Waals surface area contributed by atoms with Crippen molar-refractivity contribution in [2.75, 3.05) is 7.11 Å². The van der Waals surface area contributed by atoms with Crippen LogP contribution in [0.3, 0.4) is 0 Å². The average molecular weight is 206 g/mol. The SMILES string of the molecule is COc1cccc(C(CC2CC2)NN)c1. The first-order valence-electron chi connectivity index (χ1n) is 5.43. The molecule has 1 saturated carbocycles. The van der Waals surface area contributed by atoms with Crippen LogP contribution in [0.25, 0.3) is 0 Å². The van der Waals surface area contributed by atoms with Gasteiger partial charge in [0.1, 0.15) is 5.75 Å². The third-order valence-corrected chi connectivity index (χ3v) is 2.96. The second-order valence-electron chi connectivity index (χ2n) is 4.17. The zero-order chi connectivity index (χ0) is 10.7. The van der Waals surface area contributed by atoms with Gasteiger partial charge in [0.05, 0.1) is 7.11 Å². The van der Waals surface area contributed by atoms with Gasteiger partial charge in [0.25, 0.3) is 0 Å². The molecule has 3 heteroatoms. The van der Waals surface area contributed by atoms with E-state index in [9.17, 15) is 0 Å². The largest absolute Gasteiger partial charge is 0.497 e. The van der Waals surface area contributed by atoms with Crippen LogP contribution in [0, 0.1) is 5.92 Å². The van der Waals surface area contributed by atoms with Crippen LogP contribution in [0.1, 0.15) is 30.9 Å². The lowest BCUT2D eigenvalue weighted by Gasteiger charge is -2.16. The fourth-order valence-electron chi connectivity index (χ4n) is 1.85. The van der Waals surface area contributed by atoms with Crippen molar-refractivity contribution in [3.8, 4) is 5.75 Å². The first-order valence-corrected chi connectivity index (χ1v) is 5.43. The second-order valence-corrected chi connectivity index (χ2v) is 4.17. The molecule has 0 saturated heterocycles. The molecule has 0 aliphatic heterocycles. The zero-order valence-corrected chi connectivity index (χ0v) is 9.07. The predicted molar refractivity (Wildman–Crippen MR) is 60.4 cm³/mol. The Balaban J connectivity index is 2.09. The van der Waals surface area contributed by atoms with Crippen molar-refractivity contribution in [1.82, 2.24) is 5.43 Å². The van der Waals surface area contributed by atoms with Crippen molar-refractivity contribution in [1.29, 1.82) is 0 Å². The Morgan fingerprint density at radius 1 is 1.53 bits per heavy atom. The Morgan fingerprint density at radius 3 is 2.93 bits per heavy atom. The molecule has 1 aromatic rings. The van der Waals surface area contributed by atoms with Gasteiger partial charge < -0.3 is 4.74 Å². The maximum atomic E-state index is 5.58. The molecule has 1 aliphatic rings. The Kier molecular flexibility index (Phi) is 3.23. The molecule has 1 aromatic carbocycles. The molecule has 0 bridgehead atoms. The van der Waals surface area contributed by atoms with Crippen LogP contribution in [-0.2, 0) is 0 Å². The highest BCUT2D eigenvalue weighted by atomic mass is 16.5. The van der Waals surface area contributed by atoms with Crippen LogP contribution in [0.4, 0.5) is 0 Å². The number of benzene rings is 1. The van der Waals surface area contributed by atoms with E-state index in [-0.39, 0.29) is 6.04 Å². The maximum Gasteiger partial charge on any atom is 0.119 e. The summed E-state index contributed by atoms with van der Waals surface area (Å²) >= 11 is 0. The zero-order valence-electron chi connectivity index (χ0n) is 9.07. The van der Waals surface area contributed by atoms with Crippen molar-refractivity contribution in [3.05, 3.63) is 29.8 Å². The van der Waals surface area contributed by atoms with Crippen molar-refractivity contribution >= 4 is 0 Å². The lowest BCUT2D eigenvalue weighted by Crippen LogP contribution is -2.28. The van der Waals surface area contributed by atoms with Gasteiger partial charge in [-0.15, -0.1) is 0 Å². The van der Waals surface area contributed by atoms with E-state index in [4.69, 9.17) is 10.6 Å². The molecule has 0 radical (unpaired) electrons. The normalized spacial score (nSPS) is 17.5. The van der Waals surface area contributed by atoms with Gasteiger partial charge in [0, 0.05) is 6.04 Å². The molecule has 3 nitrogen and oxygen atoms in total. The van der Waals surface area contributed by atoms with E-state index in [2.05, 4.69) is 11.5 Å². The number of hydrogen-bond donors (Lipinski definition) is 2. The molecule has 3 N–H and O–H groups in total. The molecule has 1 fully saturated rings. The monoisotopic (exact) mass is 206 g/mol. The average Bonchev–Trinajstić information content (AvgIpc) is 3.10. The van der Waals surface area contributed by atoms with Gasteiger partial charge in [0.2, 0.25) is 0 Å². The number of hydrazine groups is 1. The van der Waals surface area contributed by atoms with E-state index in [0.29, 0.717) is 0 Å². The van der Waals surface area contributed by atoms with Gasteiger partial charge in [-0.05, 0) is 30.0 Å². The Labute approximate surface area is 90.6 Å². The molecule has 1 aliphatic carbocycles. The summed E-state index contributed by atoms with van der Waals surface area (Å²) in [7, 11) is 1.69. The van der Waals surface area contributed by atoms with Crippen LogP contribution in [0.2, 0.25) is 0 Å². The third kappa shape index (κ3) is 2.70. The molecule has 0 amide bonds. The Hall–Kier alpha value is -1.06. The van der Waals surface area contributed by atoms with E-state index < -0.39 is 0 Å². The molecule has 1 atom stereocenters. The van der Waals surface area contributed by atoms with Crippen LogP contribution in [-0.4, -0.2) is 7.11 Å². The van der Waals surface area contributed by atoms with Gasteiger partial charge in [-0.1, -0.05) is 25.0 Å². The van der Waals surface area contributed by atoms with Crippen molar-refractivity contribution in [2.45, 2.75) is 25.3 Å². The summed E-state index contributed by atoms with van der Waals surface area (Å²) in [6, 6.07) is 8.36. The Morgan fingerprint density at radius 2 is 2.33 bits per heavy atom. The Bertz CT molecular complexity index is 323. The third-order valence-electron chi connectivity index (χ3n) is 2.96. The summed E-state index contributed by atoms with van der Waals surface area (Å²) in [5.41, 5.74) is 4.10. The van der Waals surface area contributed by atoms with Crippen LogP contribution in [0.15, 0.2) is 24.3 Å². The number of nitrogens with one attached hydrogen (secondary N) is 1. The number of ether oxygens (including phenoxy) is 1. The molecular formula is C12H18N2O. The lowest BCUT2D eigenvalue weighted by molar-refractivity contribution is 0.411. The van der Waals surface area contributed by atoms with E-state index in [1.165, 1.54) is 18.4 Å². The van der Waals surface area contributed by atoms with E-state index in [1.807, 2.05) is 18.2 Å². The molecule has 1 unspecified atom stereocenters. The van der Waals surface area contributed by atoms with Crippen LogP contribution < -0.4 is 16.0 Å². The molecule has 82 valence electrons. The van der Waals surface area contributed by atoms with Crippen molar-refractivity contribution in [3.63, 3.8) is 0 Å². The first-order chi connectivity index (χ1) is 7.33. The number of methoxy groups -OCH3 is 1. The minimum absolute atomic E-state index is 0.257. The van der Waals surface area contributed by atoms with Crippen molar-refractivity contribution < 1.29 is 4.74 Å². The highest BCUT2D eigenvalue weighted by Crippen LogP contribution is 2.37. The topological polar surface area (TPSA) is 47.3 Å². The fourth-order valence-corrected chi connectivity index (χ4v) is 1.85. The van der Waals surface area contributed by atoms with Gasteiger partial charge >= 0.3 is 0 Å². The summed E-state index contributed by atoms with van der Waals surface area (Å²) in [5, 5.41) is 0. The van der Waals surface area contributed by atoms with E-state index in [0.717, 1.165) is 18.1 Å². The highest BCUT2D eigenvalue weighted by Gasteiger charge is 2.25. The minimum Gasteiger partial charge on any atom is -0.497 e. The highest BCUT2D eigenvalue weighted by molar-refractivity contribution is 5.30. The summed E-state index contributed by atoms with van der Waals surface area (Å²) in [6.45, 7) is 0. The predicted octanol–water partition coefficient (Wildman–Crippen LogP) is 2.00. The van der Waals surface area contributed by atoms with Crippen LogP contribution >= 0.6 is 0 Å². The molecule has 0 heterocycles. The van der Waals surface area contributed by atoms with Gasteiger partial charge in [-0.3, -0.25) is 11.3 Å². The summed E-state index contributed by atoms with van der Waals surface area (Å²) < 4.78 is 5.20. The van der Waals surface area contributed by atoms with Crippen molar-refractivity contribution in [2.24, 2.45) is 11.8 Å². The fraction of sp³-hybridized carbons (Fsp3) is 0.500. The number of rotatable bonds is 5. The molecular weight excluding hydrogens is 188 g/mol. The first kappa shape index (κ1) is 10.5. The summed E-state index contributed by atoms with van der Waals surface area (Å²) in [6.07, 6.45) is 3.83.